The van der Waals surface area contributed by atoms with Crippen LogP contribution in [0.5, 0.6) is 11.5 Å². The number of rotatable bonds is 12. The zero-order chi connectivity index (χ0) is 23.8. The lowest BCUT2D eigenvalue weighted by Crippen LogP contribution is -2.29. The summed E-state index contributed by atoms with van der Waals surface area (Å²) in [7, 11) is 1.60. The summed E-state index contributed by atoms with van der Waals surface area (Å²) in [6.07, 6.45) is 4.62. The van der Waals surface area contributed by atoms with Crippen LogP contribution in [0.3, 0.4) is 0 Å². The number of benzene rings is 1. The SMILES string of the molecule is C=CCOC(=O)C1=C(C)Nc2nc(SCCCC)nn2C1c1ccc(OCCC)c(OC)c1. The molecule has 0 bridgehead atoms. The van der Waals surface area contributed by atoms with E-state index in [2.05, 4.69) is 23.8 Å². The van der Waals surface area contributed by atoms with Gasteiger partial charge in [0.25, 0.3) is 0 Å². The van der Waals surface area contributed by atoms with Crippen LogP contribution in [0.1, 0.15) is 51.6 Å². The van der Waals surface area contributed by atoms with Crippen molar-refractivity contribution in [2.45, 2.75) is 51.2 Å². The molecule has 1 N–H and O–H groups in total. The molecule has 8 nitrogen and oxygen atoms in total. The summed E-state index contributed by atoms with van der Waals surface area (Å²) in [5, 5.41) is 8.61. The summed E-state index contributed by atoms with van der Waals surface area (Å²) >= 11 is 1.60. The average Bonchev–Trinajstić information content (AvgIpc) is 3.22. The Kier molecular flexibility index (Phi) is 8.82. The van der Waals surface area contributed by atoms with E-state index in [-0.39, 0.29) is 6.61 Å². The highest BCUT2D eigenvalue weighted by Crippen LogP contribution is 2.39. The molecule has 3 rings (SSSR count). The molecule has 0 saturated heterocycles. The summed E-state index contributed by atoms with van der Waals surface area (Å²) < 4.78 is 18.5. The van der Waals surface area contributed by atoms with Crippen molar-refractivity contribution in [2.24, 2.45) is 0 Å². The molecule has 0 spiro atoms. The van der Waals surface area contributed by atoms with E-state index in [4.69, 9.17) is 19.3 Å². The number of unbranched alkanes of at least 4 members (excludes halogenated alkanes) is 1. The summed E-state index contributed by atoms with van der Waals surface area (Å²) in [6.45, 7) is 10.4. The van der Waals surface area contributed by atoms with Crippen molar-refractivity contribution in [2.75, 3.05) is 31.4 Å². The van der Waals surface area contributed by atoms with E-state index in [1.54, 1.807) is 29.6 Å². The van der Waals surface area contributed by atoms with Gasteiger partial charge >= 0.3 is 5.97 Å². The lowest BCUT2D eigenvalue weighted by molar-refractivity contribution is -0.138. The Labute approximate surface area is 199 Å². The fraction of sp³-hybridized carbons (Fsp3) is 0.458. The molecule has 0 amide bonds. The molecule has 1 aromatic heterocycles. The van der Waals surface area contributed by atoms with Gasteiger partial charge in [-0.25, -0.2) is 9.48 Å². The van der Waals surface area contributed by atoms with Gasteiger partial charge in [-0.3, -0.25) is 0 Å². The van der Waals surface area contributed by atoms with E-state index < -0.39 is 12.0 Å². The van der Waals surface area contributed by atoms with Crippen LogP contribution in [0.15, 0.2) is 47.3 Å². The highest BCUT2D eigenvalue weighted by molar-refractivity contribution is 7.99. The number of anilines is 1. The van der Waals surface area contributed by atoms with E-state index in [1.807, 2.05) is 32.0 Å². The number of nitrogens with one attached hydrogen (secondary N) is 1. The van der Waals surface area contributed by atoms with Crippen LogP contribution >= 0.6 is 11.8 Å². The van der Waals surface area contributed by atoms with Crippen molar-refractivity contribution >= 4 is 23.7 Å². The maximum atomic E-state index is 13.1. The number of hydrogen-bond donors (Lipinski definition) is 1. The molecule has 1 atom stereocenters. The molecular weight excluding hydrogens is 440 g/mol. The monoisotopic (exact) mass is 472 g/mol. The van der Waals surface area contributed by atoms with Crippen molar-refractivity contribution in [1.82, 2.24) is 14.8 Å². The second kappa shape index (κ2) is 11.8. The second-order valence-corrected chi connectivity index (χ2v) is 8.64. The first kappa shape index (κ1) is 24.7. The first-order chi connectivity index (χ1) is 16.0. The Bertz CT molecular complexity index is 1020. The number of hydrogen-bond acceptors (Lipinski definition) is 8. The summed E-state index contributed by atoms with van der Waals surface area (Å²) in [5.41, 5.74) is 1.95. The third-order valence-electron chi connectivity index (χ3n) is 5.08. The van der Waals surface area contributed by atoms with Crippen LogP contribution in [-0.2, 0) is 9.53 Å². The van der Waals surface area contributed by atoms with Gasteiger partial charge < -0.3 is 19.5 Å². The van der Waals surface area contributed by atoms with Gasteiger partial charge in [0, 0.05) is 11.4 Å². The number of ether oxygens (including phenoxy) is 3. The van der Waals surface area contributed by atoms with E-state index >= 15 is 0 Å². The second-order valence-electron chi connectivity index (χ2n) is 7.58. The Balaban J connectivity index is 2.05. The lowest BCUT2D eigenvalue weighted by Gasteiger charge is -2.28. The quantitative estimate of drug-likeness (QED) is 0.200. The maximum Gasteiger partial charge on any atom is 0.338 e. The molecule has 9 heteroatoms. The molecule has 0 fully saturated rings. The lowest BCUT2D eigenvalue weighted by atomic mass is 9.95. The van der Waals surface area contributed by atoms with Crippen molar-refractivity contribution in [1.29, 1.82) is 0 Å². The minimum atomic E-state index is -0.527. The topological polar surface area (TPSA) is 87.5 Å². The van der Waals surface area contributed by atoms with Gasteiger partial charge in [-0.2, -0.15) is 4.98 Å². The molecular formula is C24H32N4O4S. The van der Waals surface area contributed by atoms with E-state index in [0.29, 0.717) is 40.5 Å². The number of fused-ring (bicyclic) bond motifs is 1. The van der Waals surface area contributed by atoms with Gasteiger partial charge in [0.2, 0.25) is 11.1 Å². The Morgan fingerprint density at radius 2 is 2.12 bits per heavy atom. The zero-order valence-corrected chi connectivity index (χ0v) is 20.5. The molecule has 33 heavy (non-hydrogen) atoms. The number of thioether (sulfide) groups is 1. The Morgan fingerprint density at radius 1 is 1.30 bits per heavy atom. The fourth-order valence-corrected chi connectivity index (χ4v) is 4.38. The van der Waals surface area contributed by atoms with Crippen molar-refractivity contribution in [3.8, 4) is 11.5 Å². The van der Waals surface area contributed by atoms with Gasteiger partial charge in [0.05, 0.1) is 19.3 Å². The molecule has 0 radical (unpaired) electrons. The van der Waals surface area contributed by atoms with Crippen LogP contribution in [0.4, 0.5) is 5.95 Å². The van der Waals surface area contributed by atoms with Crippen LogP contribution in [0, 0.1) is 0 Å². The Hall–Kier alpha value is -2.94. The van der Waals surface area contributed by atoms with Gasteiger partial charge in [0.1, 0.15) is 12.6 Å². The van der Waals surface area contributed by atoms with Crippen LogP contribution in [-0.4, -0.2) is 46.8 Å². The van der Waals surface area contributed by atoms with Crippen molar-refractivity contribution in [3.63, 3.8) is 0 Å². The number of allylic oxidation sites excluding steroid dienone is 1. The van der Waals surface area contributed by atoms with Gasteiger partial charge in [-0.05, 0) is 37.5 Å². The molecule has 1 aliphatic heterocycles. The molecule has 1 aromatic carbocycles. The number of carbonyl (C=O) groups is 1. The van der Waals surface area contributed by atoms with E-state index in [9.17, 15) is 4.79 Å². The minimum absolute atomic E-state index is 0.123. The Morgan fingerprint density at radius 3 is 2.82 bits per heavy atom. The van der Waals surface area contributed by atoms with Crippen LogP contribution < -0.4 is 14.8 Å². The number of nitrogens with zero attached hydrogens (tertiary/aromatic N) is 3. The number of aromatic nitrogens is 3. The molecule has 2 heterocycles. The molecule has 0 saturated carbocycles. The summed E-state index contributed by atoms with van der Waals surface area (Å²) in [5.74, 6) is 2.33. The smallest absolute Gasteiger partial charge is 0.338 e. The number of carbonyl (C=O) groups excluding carboxylic acids is 1. The largest absolute Gasteiger partial charge is 0.493 e. The van der Waals surface area contributed by atoms with Gasteiger partial charge in [-0.15, -0.1) is 5.10 Å². The summed E-state index contributed by atoms with van der Waals surface area (Å²) in [4.78, 5) is 17.7. The predicted octanol–water partition coefficient (Wildman–Crippen LogP) is 4.99. The van der Waals surface area contributed by atoms with E-state index in [0.717, 1.165) is 30.6 Å². The minimum Gasteiger partial charge on any atom is -0.493 e. The molecule has 178 valence electrons. The van der Waals surface area contributed by atoms with E-state index in [1.165, 1.54) is 0 Å². The fourth-order valence-electron chi connectivity index (χ4n) is 3.47. The average molecular weight is 473 g/mol. The van der Waals surface area contributed by atoms with Crippen LogP contribution in [0.25, 0.3) is 0 Å². The first-order valence-electron chi connectivity index (χ1n) is 11.2. The molecule has 0 aliphatic carbocycles. The predicted molar refractivity (Wildman–Crippen MR) is 130 cm³/mol. The van der Waals surface area contributed by atoms with Crippen molar-refractivity contribution < 1.29 is 19.0 Å². The summed E-state index contributed by atoms with van der Waals surface area (Å²) in [6, 6.07) is 5.14. The first-order valence-corrected chi connectivity index (χ1v) is 12.2. The standard InChI is InChI=1S/C24H32N4O4S/c1-6-9-14-33-24-26-23-25-16(4)20(22(29)32-13-8-3)21(28(23)27-24)17-10-11-18(31-12-7-2)19(15-17)30-5/h8,10-11,15,21H,3,6-7,9,12-14H2,1-2,4-5H3,(H,25,26,27). The third kappa shape index (κ3) is 5.71. The number of esters is 1. The zero-order valence-electron chi connectivity index (χ0n) is 19.7. The number of methoxy groups -OCH3 is 1. The third-order valence-corrected chi connectivity index (χ3v) is 6.00. The highest BCUT2D eigenvalue weighted by Gasteiger charge is 2.35. The highest BCUT2D eigenvalue weighted by atomic mass is 32.2. The molecule has 2 aromatic rings. The van der Waals surface area contributed by atoms with Crippen LogP contribution in [0.2, 0.25) is 0 Å². The molecule has 1 aliphatic rings. The normalized spacial score (nSPS) is 15.0. The van der Waals surface area contributed by atoms with Gasteiger partial charge in [-0.1, -0.05) is 50.8 Å². The molecule has 1 unspecified atom stereocenters. The van der Waals surface area contributed by atoms with Gasteiger partial charge in [0.15, 0.2) is 11.5 Å². The maximum absolute atomic E-state index is 13.1. The van der Waals surface area contributed by atoms with Crippen molar-refractivity contribution in [3.05, 3.63) is 47.7 Å².